The average molecular weight is 363 g/mol. The van der Waals surface area contributed by atoms with E-state index in [1.165, 1.54) is 27.7 Å². The van der Waals surface area contributed by atoms with Gasteiger partial charge in [-0.1, -0.05) is 18.2 Å². The molecular weight excluding hydrogens is 338 g/mol. The number of ether oxygens (including phenoxy) is 1. The number of H-pyrrole nitrogens is 1. The maximum absolute atomic E-state index is 5.53. The molecule has 0 bridgehead atoms. The van der Waals surface area contributed by atoms with Crippen LogP contribution in [0.3, 0.4) is 0 Å². The molecule has 1 fully saturated rings. The number of aryl methyl sites for hydroxylation is 2. The van der Waals surface area contributed by atoms with E-state index in [4.69, 9.17) is 14.7 Å². The van der Waals surface area contributed by atoms with Gasteiger partial charge in [0.05, 0.1) is 18.9 Å². The first-order valence-corrected chi connectivity index (χ1v) is 9.85. The SMILES string of the molecule is c1ccc2c(CCc3nc4c(c(N5CCOCC5)n3)CCNC4)c[nH]c2c1. The van der Waals surface area contributed by atoms with Crippen molar-refractivity contribution < 1.29 is 4.74 Å². The van der Waals surface area contributed by atoms with Crippen molar-refractivity contribution in [2.45, 2.75) is 25.8 Å². The first-order chi connectivity index (χ1) is 13.4. The minimum Gasteiger partial charge on any atom is -0.378 e. The maximum atomic E-state index is 5.53. The summed E-state index contributed by atoms with van der Waals surface area (Å²) in [5, 5.41) is 4.75. The van der Waals surface area contributed by atoms with Crippen LogP contribution in [-0.2, 0) is 30.5 Å². The second-order valence-corrected chi connectivity index (χ2v) is 7.27. The normalized spacial score (nSPS) is 17.3. The number of aromatic amines is 1. The van der Waals surface area contributed by atoms with Gasteiger partial charge in [-0.15, -0.1) is 0 Å². The van der Waals surface area contributed by atoms with Crippen LogP contribution in [-0.4, -0.2) is 47.8 Å². The van der Waals surface area contributed by atoms with E-state index in [-0.39, 0.29) is 0 Å². The molecule has 2 aromatic heterocycles. The third kappa shape index (κ3) is 3.31. The molecular formula is C21H25N5O. The van der Waals surface area contributed by atoms with Crippen molar-refractivity contribution in [1.29, 1.82) is 0 Å². The van der Waals surface area contributed by atoms with E-state index in [9.17, 15) is 0 Å². The van der Waals surface area contributed by atoms with Gasteiger partial charge >= 0.3 is 0 Å². The van der Waals surface area contributed by atoms with Gasteiger partial charge in [0.1, 0.15) is 11.6 Å². The summed E-state index contributed by atoms with van der Waals surface area (Å²) in [5.74, 6) is 2.09. The molecule has 1 saturated heterocycles. The summed E-state index contributed by atoms with van der Waals surface area (Å²) >= 11 is 0. The van der Waals surface area contributed by atoms with Crippen molar-refractivity contribution in [1.82, 2.24) is 20.3 Å². The fourth-order valence-corrected chi connectivity index (χ4v) is 4.12. The predicted molar refractivity (Wildman–Crippen MR) is 106 cm³/mol. The highest BCUT2D eigenvalue weighted by molar-refractivity contribution is 5.83. The topological polar surface area (TPSA) is 66.1 Å². The number of hydrogen-bond acceptors (Lipinski definition) is 5. The summed E-state index contributed by atoms with van der Waals surface area (Å²) in [6, 6.07) is 8.46. The standard InChI is InChI=1S/C21H25N5O/c1-2-4-18-16(3-1)15(13-23-18)5-6-20-24-19-14-22-8-7-17(19)21(25-20)26-9-11-27-12-10-26/h1-4,13,22-23H,5-12,14H2. The number of nitrogens with one attached hydrogen (secondary N) is 2. The molecule has 0 unspecified atom stereocenters. The highest BCUT2D eigenvalue weighted by Gasteiger charge is 2.23. The van der Waals surface area contributed by atoms with Crippen molar-refractivity contribution >= 4 is 16.7 Å². The van der Waals surface area contributed by atoms with Gasteiger partial charge in [-0.3, -0.25) is 0 Å². The van der Waals surface area contributed by atoms with Crippen molar-refractivity contribution in [3.8, 4) is 0 Å². The Kier molecular flexibility index (Phi) is 4.51. The van der Waals surface area contributed by atoms with E-state index in [1.54, 1.807) is 0 Å². The van der Waals surface area contributed by atoms with E-state index >= 15 is 0 Å². The Bertz CT molecular complexity index is 945. The largest absolute Gasteiger partial charge is 0.378 e. The Labute approximate surface area is 159 Å². The van der Waals surface area contributed by atoms with Crippen LogP contribution in [0, 0.1) is 0 Å². The molecule has 2 N–H and O–H groups in total. The maximum Gasteiger partial charge on any atom is 0.136 e. The van der Waals surface area contributed by atoms with E-state index in [0.717, 1.165) is 70.3 Å². The summed E-state index contributed by atoms with van der Waals surface area (Å²) in [4.78, 5) is 15.7. The van der Waals surface area contributed by atoms with Crippen LogP contribution >= 0.6 is 0 Å². The number of hydrogen-bond donors (Lipinski definition) is 2. The number of fused-ring (bicyclic) bond motifs is 2. The quantitative estimate of drug-likeness (QED) is 0.744. The molecule has 5 rings (SSSR count). The zero-order chi connectivity index (χ0) is 18.1. The number of rotatable bonds is 4. The monoisotopic (exact) mass is 363 g/mol. The Morgan fingerprint density at radius 1 is 1.07 bits per heavy atom. The summed E-state index contributed by atoms with van der Waals surface area (Å²) in [5.41, 5.74) is 5.02. The zero-order valence-corrected chi connectivity index (χ0v) is 15.5. The van der Waals surface area contributed by atoms with Crippen LogP contribution in [0.1, 0.15) is 22.6 Å². The highest BCUT2D eigenvalue weighted by Crippen LogP contribution is 2.26. The van der Waals surface area contributed by atoms with E-state index in [0.29, 0.717) is 0 Å². The van der Waals surface area contributed by atoms with Gasteiger partial charge < -0.3 is 19.9 Å². The molecule has 0 radical (unpaired) electrons. The molecule has 140 valence electrons. The first-order valence-electron chi connectivity index (χ1n) is 9.85. The van der Waals surface area contributed by atoms with Crippen LogP contribution in [0.2, 0.25) is 0 Å². The molecule has 2 aliphatic heterocycles. The van der Waals surface area contributed by atoms with Crippen LogP contribution < -0.4 is 10.2 Å². The van der Waals surface area contributed by atoms with E-state index in [2.05, 4.69) is 45.7 Å². The van der Waals surface area contributed by atoms with Crippen molar-refractivity contribution in [3.63, 3.8) is 0 Å². The van der Waals surface area contributed by atoms with Crippen molar-refractivity contribution in [2.75, 3.05) is 37.7 Å². The van der Waals surface area contributed by atoms with Gasteiger partial charge in [-0.25, -0.2) is 9.97 Å². The third-order valence-corrected chi connectivity index (χ3v) is 5.56. The number of aromatic nitrogens is 3. The van der Waals surface area contributed by atoms with Gasteiger partial charge in [0.25, 0.3) is 0 Å². The van der Waals surface area contributed by atoms with Gasteiger partial charge in [0.15, 0.2) is 0 Å². The number of benzene rings is 1. The molecule has 1 aromatic carbocycles. The number of morpholine rings is 1. The smallest absolute Gasteiger partial charge is 0.136 e. The van der Waals surface area contributed by atoms with Gasteiger partial charge in [0.2, 0.25) is 0 Å². The Morgan fingerprint density at radius 3 is 2.89 bits per heavy atom. The molecule has 6 heteroatoms. The molecule has 0 aliphatic carbocycles. The van der Waals surface area contributed by atoms with Gasteiger partial charge in [0, 0.05) is 48.7 Å². The lowest BCUT2D eigenvalue weighted by Crippen LogP contribution is -2.39. The van der Waals surface area contributed by atoms with Crippen molar-refractivity contribution in [2.24, 2.45) is 0 Å². The van der Waals surface area contributed by atoms with Crippen molar-refractivity contribution in [3.05, 3.63) is 53.1 Å². The molecule has 4 heterocycles. The van der Waals surface area contributed by atoms with Crippen LogP contribution in [0.15, 0.2) is 30.5 Å². The Morgan fingerprint density at radius 2 is 1.96 bits per heavy atom. The molecule has 2 aliphatic rings. The average Bonchev–Trinajstić information content (AvgIpc) is 3.15. The fourth-order valence-electron chi connectivity index (χ4n) is 4.12. The summed E-state index contributed by atoms with van der Waals surface area (Å²) < 4.78 is 5.53. The zero-order valence-electron chi connectivity index (χ0n) is 15.5. The molecule has 3 aromatic rings. The first kappa shape index (κ1) is 16.7. The summed E-state index contributed by atoms with van der Waals surface area (Å²) in [6.07, 6.45) is 4.92. The minimum atomic E-state index is 0.779. The van der Waals surface area contributed by atoms with Crippen LogP contribution in [0.4, 0.5) is 5.82 Å². The van der Waals surface area contributed by atoms with Crippen LogP contribution in [0.5, 0.6) is 0 Å². The third-order valence-electron chi connectivity index (χ3n) is 5.56. The summed E-state index contributed by atoms with van der Waals surface area (Å²) in [6.45, 7) is 5.23. The second-order valence-electron chi connectivity index (χ2n) is 7.27. The number of nitrogens with zero attached hydrogens (tertiary/aromatic N) is 3. The number of para-hydroxylation sites is 1. The number of anilines is 1. The highest BCUT2D eigenvalue weighted by atomic mass is 16.5. The summed E-state index contributed by atoms with van der Waals surface area (Å²) in [7, 11) is 0. The lowest BCUT2D eigenvalue weighted by molar-refractivity contribution is 0.122. The Hall–Kier alpha value is -2.44. The molecule has 0 amide bonds. The molecule has 27 heavy (non-hydrogen) atoms. The fraction of sp³-hybridized carbons (Fsp3) is 0.429. The Balaban J connectivity index is 1.43. The molecule has 0 saturated carbocycles. The predicted octanol–water partition coefficient (Wildman–Crippen LogP) is 2.23. The van der Waals surface area contributed by atoms with Gasteiger partial charge in [-0.2, -0.15) is 0 Å². The second kappa shape index (κ2) is 7.29. The van der Waals surface area contributed by atoms with E-state index in [1.807, 2.05) is 0 Å². The van der Waals surface area contributed by atoms with Gasteiger partial charge in [-0.05, 0) is 31.0 Å². The lowest BCUT2D eigenvalue weighted by Gasteiger charge is -2.31. The van der Waals surface area contributed by atoms with E-state index < -0.39 is 0 Å². The molecule has 6 nitrogen and oxygen atoms in total. The van der Waals surface area contributed by atoms with Crippen LogP contribution in [0.25, 0.3) is 10.9 Å². The lowest BCUT2D eigenvalue weighted by atomic mass is 10.0. The molecule has 0 spiro atoms. The molecule has 0 atom stereocenters. The minimum absolute atomic E-state index is 0.779.